The SMILES string of the molecule is O=C(C=Cc1ccc(OC(F)F)cc1)NC1CCCCCC1. The molecular formula is C17H21F2NO2. The summed E-state index contributed by atoms with van der Waals surface area (Å²) < 4.78 is 28.3. The van der Waals surface area contributed by atoms with Crippen molar-refractivity contribution in [3.05, 3.63) is 35.9 Å². The first kappa shape index (κ1) is 16.5. The van der Waals surface area contributed by atoms with Gasteiger partial charge < -0.3 is 10.1 Å². The molecule has 5 heteroatoms. The Labute approximate surface area is 129 Å². The van der Waals surface area contributed by atoms with Gasteiger partial charge in [0.15, 0.2) is 0 Å². The molecule has 1 aliphatic carbocycles. The van der Waals surface area contributed by atoms with E-state index < -0.39 is 6.61 Å². The van der Waals surface area contributed by atoms with Gasteiger partial charge in [-0.1, -0.05) is 37.8 Å². The number of alkyl halides is 2. The van der Waals surface area contributed by atoms with Crippen LogP contribution < -0.4 is 10.1 Å². The maximum Gasteiger partial charge on any atom is 0.387 e. The van der Waals surface area contributed by atoms with Crippen molar-refractivity contribution in [3.63, 3.8) is 0 Å². The topological polar surface area (TPSA) is 38.3 Å². The Bertz CT molecular complexity index is 492. The number of halogens is 2. The molecule has 1 amide bonds. The highest BCUT2D eigenvalue weighted by molar-refractivity contribution is 5.91. The van der Waals surface area contributed by atoms with Crippen LogP contribution in [-0.2, 0) is 4.79 Å². The van der Waals surface area contributed by atoms with Crippen LogP contribution in [0.25, 0.3) is 6.08 Å². The molecular weight excluding hydrogens is 288 g/mol. The Hall–Kier alpha value is -1.91. The molecule has 1 saturated carbocycles. The molecule has 1 fully saturated rings. The smallest absolute Gasteiger partial charge is 0.387 e. The molecule has 0 unspecified atom stereocenters. The van der Waals surface area contributed by atoms with Crippen molar-refractivity contribution in [1.82, 2.24) is 5.32 Å². The fraction of sp³-hybridized carbons (Fsp3) is 0.471. The lowest BCUT2D eigenvalue weighted by Gasteiger charge is -2.14. The lowest BCUT2D eigenvalue weighted by molar-refractivity contribution is -0.117. The van der Waals surface area contributed by atoms with Crippen LogP contribution in [0.4, 0.5) is 8.78 Å². The van der Waals surface area contributed by atoms with Gasteiger partial charge >= 0.3 is 6.61 Å². The highest BCUT2D eigenvalue weighted by atomic mass is 19.3. The number of carbonyl (C=O) groups is 1. The third-order valence-corrected chi connectivity index (χ3v) is 3.73. The molecule has 0 bridgehead atoms. The third kappa shape index (κ3) is 5.84. The number of rotatable bonds is 5. The zero-order valence-electron chi connectivity index (χ0n) is 12.4. The van der Waals surface area contributed by atoms with E-state index in [1.54, 1.807) is 18.2 Å². The summed E-state index contributed by atoms with van der Waals surface area (Å²) in [4.78, 5) is 11.9. The van der Waals surface area contributed by atoms with Gasteiger partial charge in [-0.25, -0.2) is 0 Å². The Kier molecular flexibility index (Phi) is 6.37. The first-order chi connectivity index (χ1) is 10.6. The van der Waals surface area contributed by atoms with Crippen molar-refractivity contribution in [2.24, 2.45) is 0 Å². The molecule has 1 aliphatic rings. The molecule has 1 N–H and O–H groups in total. The van der Waals surface area contributed by atoms with Crippen LogP contribution in [0.2, 0.25) is 0 Å². The molecule has 0 aliphatic heterocycles. The minimum absolute atomic E-state index is 0.107. The van der Waals surface area contributed by atoms with Gasteiger partial charge in [-0.3, -0.25) is 4.79 Å². The van der Waals surface area contributed by atoms with Crippen LogP contribution in [0.15, 0.2) is 30.3 Å². The molecule has 0 aromatic heterocycles. The van der Waals surface area contributed by atoms with E-state index in [1.165, 1.54) is 43.9 Å². The minimum Gasteiger partial charge on any atom is -0.435 e. The van der Waals surface area contributed by atoms with Gasteiger partial charge in [-0.15, -0.1) is 0 Å². The van der Waals surface area contributed by atoms with Crippen LogP contribution in [0.5, 0.6) is 5.75 Å². The van der Waals surface area contributed by atoms with E-state index in [0.717, 1.165) is 18.4 Å². The van der Waals surface area contributed by atoms with Crippen LogP contribution in [-0.4, -0.2) is 18.6 Å². The van der Waals surface area contributed by atoms with Crippen molar-refractivity contribution in [1.29, 1.82) is 0 Å². The Morgan fingerprint density at radius 1 is 1.14 bits per heavy atom. The zero-order valence-corrected chi connectivity index (χ0v) is 12.4. The molecule has 0 saturated heterocycles. The molecule has 1 aromatic carbocycles. The zero-order chi connectivity index (χ0) is 15.8. The van der Waals surface area contributed by atoms with E-state index in [2.05, 4.69) is 10.1 Å². The van der Waals surface area contributed by atoms with E-state index >= 15 is 0 Å². The molecule has 120 valence electrons. The molecule has 3 nitrogen and oxygen atoms in total. The summed E-state index contributed by atoms with van der Waals surface area (Å²) in [5, 5.41) is 3.02. The third-order valence-electron chi connectivity index (χ3n) is 3.73. The van der Waals surface area contributed by atoms with Crippen LogP contribution in [0, 0.1) is 0 Å². The van der Waals surface area contributed by atoms with Gasteiger partial charge in [0.05, 0.1) is 0 Å². The highest BCUT2D eigenvalue weighted by Crippen LogP contribution is 2.18. The molecule has 1 aromatic rings. The van der Waals surface area contributed by atoms with E-state index in [1.807, 2.05) is 0 Å². The summed E-state index contributed by atoms with van der Waals surface area (Å²) in [5.41, 5.74) is 0.762. The maximum absolute atomic E-state index is 12.0. The predicted octanol–water partition coefficient (Wildman–Crippen LogP) is 4.14. The number of benzene rings is 1. The van der Waals surface area contributed by atoms with Gasteiger partial charge in [0.25, 0.3) is 0 Å². The molecule has 22 heavy (non-hydrogen) atoms. The van der Waals surface area contributed by atoms with Gasteiger partial charge in [-0.2, -0.15) is 8.78 Å². The summed E-state index contributed by atoms with van der Waals surface area (Å²) in [6.45, 7) is -2.83. The first-order valence-electron chi connectivity index (χ1n) is 7.67. The molecule has 0 radical (unpaired) electrons. The fourth-order valence-electron chi connectivity index (χ4n) is 2.61. The van der Waals surface area contributed by atoms with Gasteiger partial charge in [0, 0.05) is 12.1 Å². The quantitative estimate of drug-likeness (QED) is 0.656. The van der Waals surface area contributed by atoms with Crippen molar-refractivity contribution in [3.8, 4) is 5.75 Å². The second-order valence-electron chi connectivity index (χ2n) is 5.48. The standard InChI is InChI=1S/C17H21F2NO2/c18-17(19)22-15-10-7-13(8-11-15)9-12-16(21)20-14-5-3-1-2-4-6-14/h7-12,14,17H,1-6H2,(H,20,21). The summed E-state index contributed by atoms with van der Waals surface area (Å²) in [6.07, 6.45) is 10.1. The van der Waals surface area contributed by atoms with Crippen molar-refractivity contribution < 1.29 is 18.3 Å². The largest absolute Gasteiger partial charge is 0.435 e. The maximum atomic E-state index is 12.0. The molecule has 2 rings (SSSR count). The number of ether oxygens (including phenoxy) is 1. The number of hydrogen-bond donors (Lipinski definition) is 1. The average Bonchev–Trinajstić information content (AvgIpc) is 2.74. The predicted molar refractivity (Wildman–Crippen MR) is 81.7 cm³/mol. The minimum atomic E-state index is -2.83. The number of carbonyl (C=O) groups excluding carboxylic acids is 1. The van der Waals surface area contributed by atoms with Gasteiger partial charge in [0.2, 0.25) is 5.91 Å². The van der Waals surface area contributed by atoms with Crippen molar-refractivity contribution in [2.75, 3.05) is 0 Å². The van der Waals surface area contributed by atoms with E-state index in [9.17, 15) is 13.6 Å². The molecule has 0 heterocycles. The number of amides is 1. The summed E-state index contributed by atoms with van der Waals surface area (Å²) in [6, 6.07) is 6.44. The van der Waals surface area contributed by atoms with E-state index in [-0.39, 0.29) is 17.7 Å². The van der Waals surface area contributed by atoms with Gasteiger partial charge in [-0.05, 0) is 36.6 Å². The highest BCUT2D eigenvalue weighted by Gasteiger charge is 2.13. The van der Waals surface area contributed by atoms with E-state index in [4.69, 9.17) is 0 Å². The Morgan fingerprint density at radius 3 is 2.36 bits per heavy atom. The summed E-state index contributed by atoms with van der Waals surface area (Å²) >= 11 is 0. The second-order valence-corrected chi connectivity index (χ2v) is 5.48. The Balaban J connectivity index is 1.83. The van der Waals surface area contributed by atoms with Crippen LogP contribution in [0.3, 0.4) is 0 Å². The first-order valence-corrected chi connectivity index (χ1v) is 7.67. The summed E-state index contributed by atoms with van der Waals surface area (Å²) in [7, 11) is 0. The molecule has 0 atom stereocenters. The number of nitrogens with one attached hydrogen (secondary N) is 1. The normalized spacial score (nSPS) is 16.7. The monoisotopic (exact) mass is 309 g/mol. The van der Waals surface area contributed by atoms with Crippen molar-refractivity contribution in [2.45, 2.75) is 51.2 Å². The number of hydrogen-bond acceptors (Lipinski definition) is 2. The second kappa shape index (κ2) is 8.51. The van der Waals surface area contributed by atoms with E-state index in [0.29, 0.717) is 0 Å². The average molecular weight is 309 g/mol. The molecule has 0 spiro atoms. The summed E-state index contributed by atoms with van der Waals surface area (Å²) in [5.74, 6) is -0.00476. The van der Waals surface area contributed by atoms with Crippen molar-refractivity contribution >= 4 is 12.0 Å². The Morgan fingerprint density at radius 2 is 1.77 bits per heavy atom. The van der Waals surface area contributed by atoms with Gasteiger partial charge in [0.1, 0.15) is 5.75 Å². The lowest BCUT2D eigenvalue weighted by Crippen LogP contribution is -2.33. The van der Waals surface area contributed by atoms with Crippen LogP contribution in [0.1, 0.15) is 44.1 Å². The fourth-order valence-corrected chi connectivity index (χ4v) is 2.61. The lowest BCUT2D eigenvalue weighted by atomic mass is 10.1. The van der Waals surface area contributed by atoms with Crippen LogP contribution >= 0.6 is 0 Å².